The second-order valence-corrected chi connectivity index (χ2v) is 8.49. The largest absolute Gasteiger partial charge is 0.489 e. The van der Waals surface area contributed by atoms with Crippen LogP contribution in [0.4, 0.5) is 0 Å². The number of rotatable bonds is 7. The number of hydrogen-bond acceptors (Lipinski definition) is 4. The van der Waals surface area contributed by atoms with Gasteiger partial charge >= 0.3 is 0 Å². The summed E-state index contributed by atoms with van der Waals surface area (Å²) in [6, 6.07) is 0. The van der Waals surface area contributed by atoms with Gasteiger partial charge < -0.3 is 19.3 Å². The van der Waals surface area contributed by atoms with Crippen LogP contribution in [0.1, 0.15) is 67.7 Å². The van der Waals surface area contributed by atoms with E-state index in [2.05, 4.69) is 33.4 Å². The molecule has 0 amide bonds. The zero-order chi connectivity index (χ0) is 18.5. The average Bonchev–Trinajstić information content (AvgIpc) is 2.39. The van der Waals surface area contributed by atoms with E-state index in [9.17, 15) is 5.11 Å². The van der Waals surface area contributed by atoms with Crippen molar-refractivity contribution in [3.05, 3.63) is 24.5 Å². The van der Waals surface area contributed by atoms with E-state index in [4.69, 9.17) is 14.2 Å². The van der Waals surface area contributed by atoms with Gasteiger partial charge in [0, 0.05) is 5.92 Å². The second-order valence-electron chi connectivity index (χ2n) is 8.49. The highest BCUT2D eigenvalue weighted by atomic mass is 16.7. The van der Waals surface area contributed by atoms with E-state index >= 15 is 0 Å². The van der Waals surface area contributed by atoms with Gasteiger partial charge in [0.25, 0.3) is 0 Å². The second kappa shape index (κ2) is 8.50. The summed E-state index contributed by atoms with van der Waals surface area (Å²) < 4.78 is 17.7. The molecular formula is C20H36O4. The van der Waals surface area contributed by atoms with E-state index in [1.807, 2.05) is 33.8 Å². The highest BCUT2D eigenvalue weighted by molar-refractivity contribution is 5.08. The summed E-state index contributed by atoms with van der Waals surface area (Å²) in [4.78, 5) is 0. The van der Waals surface area contributed by atoms with Crippen molar-refractivity contribution in [2.24, 2.45) is 5.92 Å². The van der Waals surface area contributed by atoms with E-state index in [0.717, 1.165) is 12.8 Å². The average molecular weight is 341 g/mol. The van der Waals surface area contributed by atoms with Crippen molar-refractivity contribution in [3.63, 3.8) is 0 Å². The summed E-state index contributed by atoms with van der Waals surface area (Å²) in [5, 5.41) is 9.86. The van der Waals surface area contributed by atoms with Crippen molar-refractivity contribution in [2.75, 3.05) is 0 Å². The van der Waals surface area contributed by atoms with Gasteiger partial charge in [-0.05, 0) is 66.9 Å². The summed E-state index contributed by atoms with van der Waals surface area (Å²) in [5.41, 5.74) is -0.517. The molecule has 0 aromatic rings. The highest BCUT2D eigenvalue weighted by Gasteiger charge is 2.36. The van der Waals surface area contributed by atoms with Crippen LogP contribution in [-0.4, -0.2) is 34.8 Å². The van der Waals surface area contributed by atoms with Crippen molar-refractivity contribution in [1.82, 2.24) is 0 Å². The van der Waals surface area contributed by atoms with Gasteiger partial charge in [-0.2, -0.15) is 0 Å². The lowest BCUT2D eigenvalue weighted by Gasteiger charge is -2.40. The molecule has 1 aliphatic heterocycles. The SMILES string of the molecule is C=C(/C=C/CCC(C)(C)OC1O[C@@H](C)C(O)C[C@H]1C)OC(C)(C)C. The van der Waals surface area contributed by atoms with Crippen LogP contribution in [0.3, 0.4) is 0 Å². The third-order valence-electron chi connectivity index (χ3n) is 4.06. The molecule has 24 heavy (non-hydrogen) atoms. The Balaban J connectivity index is 2.42. The van der Waals surface area contributed by atoms with Crippen LogP contribution in [0.25, 0.3) is 0 Å². The Labute approximate surface area is 147 Å². The lowest BCUT2D eigenvalue weighted by Crippen LogP contribution is -2.46. The molecule has 4 nitrogen and oxygen atoms in total. The summed E-state index contributed by atoms with van der Waals surface area (Å²) in [6.45, 7) is 18.0. The fourth-order valence-corrected chi connectivity index (χ4v) is 2.71. The molecule has 140 valence electrons. The van der Waals surface area contributed by atoms with Crippen molar-refractivity contribution in [3.8, 4) is 0 Å². The van der Waals surface area contributed by atoms with Crippen LogP contribution >= 0.6 is 0 Å². The summed E-state index contributed by atoms with van der Waals surface area (Å²) >= 11 is 0. The predicted molar refractivity (Wildman–Crippen MR) is 97.6 cm³/mol. The van der Waals surface area contributed by atoms with E-state index < -0.39 is 6.10 Å². The molecule has 4 heteroatoms. The lowest BCUT2D eigenvalue weighted by molar-refractivity contribution is -0.275. The minimum absolute atomic E-state index is 0.181. The maximum absolute atomic E-state index is 9.86. The van der Waals surface area contributed by atoms with Gasteiger partial charge in [-0.3, -0.25) is 0 Å². The molecule has 0 bridgehead atoms. The molecule has 0 aliphatic carbocycles. The van der Waals surface area contributed by atoms with Crippen molar-refractivity contribution in [2.45, 2.75) is 97.4 Å². The lowest BCUT2D eigenvalue weighted by atomic mass is 9.95. The molecule has 1 aliphatic rings. The molecule has 1 saturated heterocycles. The van der Waals surface area contributed by atoms with Crippen LogP contribution in [0.15, 0.2) is 24.5 Å². The molecule has 0 saturated carbocycles. The Morgan fingerprint density at radius 3 is 2.46 bits per heavy atom. The number of aliphatic hydroxyl groups is 1. The molecule has 1 fully saturated rings. The monoisotopic (exact) mass is 340 g/mol. The molecule has 1 N–H and O–H groups in total. The van der Waals surface area contributed by atoms with Gasteiger partial charge in [0.2, 0.25) is 0 Å². The van der Waals surface area contributed by atoms with Crippen molar-refractivity contribution < 1.29 is 19.3 Å². The van der Waals surface area contributed by atoms with Gasteiger partial charge in [-0.25, -0.2) is 0 Å². The first kappa shape index (κ1) is 21.2. The number of ether oxygens (including phenoxy) is 3. The minimum Gasteiger partial charge on any atom is -0.489 e. The first-order valence-corrected chi connectivity index (χ1v) is 8.95. The molecule has 1 heterocycles. The first-order valence-electron chi connectivity index (χ1n) is 8.95. The fraction of sp³-hybridized carbons (Fsp3) is 0.800. The zero-order valence-corrected chi connectivity index (χ0v) is 16.5. The van der Waals surface area contributed by atoms with Crippen LogP contribution in [0.2, 0.25) is 0 Å². The fourth-order valence-electron chi connectivity index (χ4n) is 2.71. The number of allylic oxidation sites excluding steroid dienone is 2. The zero-order valence-electron chi connectivity index (χ0n) is 16.5. The van der Waals surface area contributed by atoms with Crippen molar-refractivity contribution >= 4 is 0 Å². The molecule has 0 spiro atoms. The maximum atomic E-state index is 9.86. The molecule has 4 atom stereocenters. The normalized spacial score (nSPS) is 29.0. The van der Waals surface area contributed by atoms with Gasteiger partial charge in [-0.1, -0.05) is 19.6 Å². The van der Waals surface area contributed by atoms with E-state index in [1.54, 1.807) is 0 Å². The van der Waals surface area contributed by atoms with Crippen LogP contribution in [0, 0.1) is 5.92 Å². The van der Waals surface area contributed by atoms with Gasteiger partial charge in [-0.15, -0.1) is 0 Å². The van der Waals surface area contributed by atoms with Crippen LogP contribution in [-0.2, 0) is 14.2 Å². The summed E-state index contributed by atoms with van der Waals surface area (Å²) in [7, 11) is 0. The van der Waals surface area contributed by atoms with Gasteiger partial charge in [0.1, 0.15) is 11.4 Å². The smallest absolute Gasteiger partial charge is 0.161 e. The quantitative estimate of drug-likeness (QED) is 0.544. The minimum atomic E-state index is -0.403. The Kier molecular flexibility index (Phi) is 7.51. The topological polar surface area (TPSA) is 47.9 Å². The molecular weight excluding hydrogens is 304 g/mol. The first-order chi connectivity index (χ1) is 10.9. The third kappa shape index (κ3) is 7.82. The molecule has 1 rings (SSSR count). The van der Waals surface area contributed by atoms with Crippen LogP contribution in [0.5, 0.6) is 0 Å². The van der Waals surface area contributed by atoms with E-state index in [-0.39, 0.29) is 29.5 Å². The van der Waals surface area contributed by atoms with E-state index in [1.165, 1.54) is 0 Å². The molecule has 2 unspecified atom stereocenters. The third-order valence-corrected chi connectivity index (χ3v) is 4.06. The Morgan fingerprint density at radius 1 is 1.25 bits per heavy atom. The number of hydrogen-bond donors (Lipinski definition) is 1. The Bertz CT molecular complexity index is 433. The van der Waals surface area contributed by atoms with Gasteiger partial charge in [0.05, 0.1) is 17.8 Å². The number of aliphatic hydroxyl groups excluding tert-OH is 1. The molecule has 0 aromatic heterocycles. The van der Waals surface area contributed by atoms with E-state index in [0.29, 0.717) is 12.2 Å². The highest BCUT2D eigenvalue weighted by Crippen LogP contribution is 2.30. The summed E-state index contributed by atoms with van der Waals surface area (Å²) in [5.74, 6) is 0.860. The molecule has 0 radical (unpaired) electrons. The van der Waals surface area contributed by atoms with Crippen LogP contribution < -0.4 is 0 Å². The Hall–Kier alpha value is -0.840. The molecule has 0 aromatic carbocycles. The van der Waals surface area contributed by atoms with Crippen molar-refractivity contribution in [1.29, 1.82) is 0 Å². The standard InChI is InChI=1S/C20H36O4/c1-14-13-17(21)16(3)22-18(14)24-20(7,8)12-10-9-11-15(2)23-19(4,5)6/h9,11,14,16-18,21H,2,10,12-13H2,1,3-8H3/b11-9+/t14-,16+,17?,18?/m1/s1. The summed E-state index contributed by atoms with van der Waals surface area (Å²) in [6.07, 6.45) is 5.59. The predicted octanol–water partition coefficient (Wildman–Crippen LogP) is 4.58. The van der Waals surface area contributed by atoms with Gasteiger partial charge in [0.15, 0.2) is 6.29 Å². The Morgan fingerprint density at radius 2 is 1.88 bits per heavy atom. The maximum Gasteiger partial charge on any atom is 0.161 e.